The van der Waals surface area contributed by atoms with E-state index >= 15 is 0 Å². The third-order valence-electron chi connectivity index (χ3n) is 2.15. The molecule has 1 heteroatoms. The maximum absolute atomic E-state index is 5.04. The van der Waals surface area contributed by atoms with Crippen molar-refractivity contribution < 1.29 is 4.74 Å². The number of hydrogen-bond donors (Lipinski definition) is 0. The number of benzene rings is 1. The molecule has 0 spiro atoms. The molecule has 0 radical (unpaired) electrons. The predicted octanol–water partition coefficient (Wildman–Crippen LogP) is 3.26. The molecule has 0 saturated heterocycles. The van der Waals surface area contributed by atoms with Crippen LogP contribution in [0.2, 0.25) is 0 Å². The summed E-state index contributed by atoms with van der Waals surface area (Å²) in [7, 11) is 1.71. The molecule has 0 atom stereocenters. The molecule has 0 aromatic heterocycles. The van der Waals surface area contributed by atoms with E-state index < -0.39 is 0 Å². The highest BCUT2D eigenvalue weighted by molar-refractivity contribution is 5.63. The van der Waals surface area contributed by atoms with Crippen LogP contribution in [-0.4, -0.2) is 7.11 Å². The number of methoxy groups -OCH3 is 1. The molecule has 0 bridgehead atoms. The Hall–Kier alpha value is -1.08. The number of ether oxygens (including phenoxy) is 1. The Bertz CT molecular complexity index is 282. The third-order valence-corrected chi connectivity index (χ3v) is 2.15. The van der Waals surface area contributed by atoms with Gasteiger partial charge in [0.15, 0.2) is 0 Å². The highest BCUT2D eigenvalue weighted by Gasteiger charge is 1.94. The van der Waals surface area contributed by atoms with Gasteiger partial charge in [-0.15, -0.1) is 0 Å². The monoisotopic (exact) mass is 176 g/mol. The summed E-state index contributed by atoms with van der Waals surface area (Å²) in [5.41, 5.74) is 3.81. The van der Waals surface area contributed by atoms with Crippen LogP contribution in [0.25, 0.3) is 5.57 Å². The Morgan fingerprint density at radius 2 is 1.92 bits per heavy atom. The average Bonchev–Trinajstić information content (AvgIpc) is 2.18. The summed E-state index contributed by atoms with van der Waals surface area (Å²) in [6.07, 6.45) is 2.12. The first-order valence-electron chi connectivity index (χ1n) is 4.49. The fraction of sp³-hybridized carbons (Fsp3) is 0.333. The molecule has 0 N–H and O–H groups in total. The summed E-state index contributed by atoms with van der Waals surface area (Å²) < 4.78 is 5.04. The second kappa shape index (κ2) is 4.83. The van der Waals surface area contributed by atoms with Crippen molar-refractivity contribution in [1.29, 1.82) is 0 Å². The summed E-state index contributed by atoms with van der Waals surface area (Å²) in [6.45, 7) is 4.86. The maximum atomic E-state index is 5.04. The second-order valence-corrected chi connectivity index (χ2v) is 3.10. The molecular weight excluding hydrogens is 160 g/mol. The van der Waals surface area contributed by atoms with Crippen LogP contribution in [0.4, 0.5) is 0 Å². The van der Waals surface area contributed by atoms with Gasteiger partial charge in [-0.1, -0.05) is 30.3 Å². The molecule has 1 nitrogen and oxygen atoms in total. The van der Waals surface area contributed by atoms with Crippen molar-refractivity contribution in [1.82, 2.24) is 0 Å². The Morgan fingerprint density at radius 1 is 1.31 bits per heavy atom. The molecule has 0 heterocycles. The van der Waals surface area contributed by atoms with Crippen LogP contribution in [0.5, 0.6) is 0 Å². The van der Waals surface area contributed by atoms with E-state index in [1.807, 2.05) is 0 Å². The zero-order valence-corrected chi connectivity index (χ0v) is 8.50. The molecule has 0 fully saturated rings. The lowest BCUT2D eigenvalue weighted by atomic mass is 10.1. The predicted molar refractivity (Wildman–Crippen MR) is 56.5 cm³/mol. The first kappa shape index (κ1) is 10.0. The Labute approximate surface area is 80.0 Å². The number of hydrogen-bond acceptors (Lipinski definition) is 1. The third kappa shape index (κ3) is 2.71. The van der Waals surface area contributed by atoms with Crippen LogP contribution >= 0.6 is 0 Å². The topological polar surface area (TPSA) is 9.23 Å². The smallest absolute Gasteiger partial charge is 0.0713 e. The van der Waals surface area contributed by atoms with E-state index in [1.165, 1.54) is 16.7 Å². The quantitative estimate of drug-likeness (QED) is 0.687. The SMILES string of the molecule is CC=C(C)c1ccc(COC)cc1. The highest BCUT2D eigenvalue weighted by Crippen LogP contribution is 2.14. The van der Waals surface area contributed by atoms with E-state index in [0.29, 0.717) is 6.61 Å². The lowest BCUT2D eigenvalue weighted by Gasteiger charge is -2.03. The lowest BCUT2D eigenvalue weighted by Crippen LogP contribution is -1.87. The number of rotatable bonds is 3. The van der Waals surface area contributed by atoms with Gasteiger partial charge in [0, 0.05) is 7.11 Å². The summed E-state index contributed by atoms with van der Waals surface area (Å²) in [6, 6.07) is 8.46. The zero-order valence-electron chi connectivity index (χ0n) is 8.50. The van der Waals surface area contributed by atoms with Crippen LogP contribution < -0.4 is 0 Å². The van der Waals surface area contributed by atoms with E-state index in [0.717, 1.165) is 0 Å². The Balaban J connectivity index is 2.81. The molecule has 13 heavy (non-hydrogen) atoms. The lowest BCUT2D eigenvalue weighted by molar-refractivity contribution is 0.185. The van der Waals surface area contributed by atoms with Gasteiger partial charge in [0.05, 0.1) is 6.61 Å². The van der Waals surface area contributed by atoms with Gasteiger partial charge in [0.2, 0.25) is 0 Å². The van der Waals surface area contributed by atoms with Crippen LogP contribution in [0.3, 0.4) is 0 Å². The second-order valence-electron chi connectivity index (χ2n) is 3.10. The van der Waals surface area contributed by atoms with Crippen LogP contribution in [0.15, 0.2) is 30.3 Å². The van der Waals surface area contributed by atoms with Crippen molar-refractivity contribution in [3.05, 3.63) is 41.5 Å². The van der Waals surface area contributed by atoms with E-state index in [-0.39, 0.29) is 0 Å². The van der Waals surface area contributed by atoms with Crippen molar-refractivity contribution in [3.63, 3.8) is 0 Å². The summed E-state index contributed by atoms with van der Waals surface area (Å²) in [5.74, 6) is 0. The fourth-order valence-electron chi connectivity index (χ4n) is 1.20. The van der Waals surface area contributed by atoms with Crippen LogP contribution in [-0.2, 0) is 11.3 Å². The van der Waals surface area contributed by atoms with E-state index in [2.05, 4.69) is 44.2 Å². The molecule has 0 unspecified atom stereocenters. The molecule has 0 aliphatic carbocycles. The van der Waals surface area contributed by atoms with E-state index in [1.54, 1.807) is 7.11 Å². The Kier molecular flexibility index (Phi) is 3.71. The molecule has 0 saturated carbocycles. The van der Waals surface area contributed by atoms with Gasteiger partial charge < -0.3 is 4.74 Å². The highest BCUT2D eigenvalue weighted by atomic mass is 16.5. The van der Waals surface area contributed by atoms with Gasteiger partial charge in [0.25, 0.3) is 0 Å². The largest absolute Gasteiger partial charge is 0.380 e. The van der Waals surface area contributed by atoms with Crippen LogP contribution in [0.1, 0.15) is 25.0 Å². The minimum Gasteiger partial charge on any atom is -0.380 e. The van der Waals surface area contributed by atoms with Crippen molar-refractivity contribution >= 4 is 5.57 Å². The molecule has 0 aliphatic rings. The average molecular weight is 176 g/mol. The molecule has 0 amide bonds. The van der Waals surface area contributed by atoms with Crippen LogP contribution in [0, 0.1) is 0 Å². The molecule has 1 aromatic carbocycles. The Morgan fingerprint density at radius 3 is 2.38 bits per heavy atom. The molecule has 70 valence electrons. The van der Waals surface area contributed by atoms with Gasteiger partial charge in [0.1, 0.15) is 0 Å². The zero-order chi connectivity index (χ0) is 9.68. The summed E-state index contributed by atoms with van der Waals surface area (Å²) in [5, 5.41) is 0. The normalized spacial score (nSPS) is 11.8. The molecule has 1 rings (SSSR count). The summed E-state index contributed by atoms with van der Waals surface area (Å²) >= 11 is 0. The van der Waals surface area contributed by atoms with Gasteiger partial charge >= 0.3 is 0 Å². The first-order valence-corrected chi connectivity index (χ1v) is 4.49. The maximum Gasteiger partial charge on any atom is 0.0713 e. The minimum absolute atomic E-state index is 0.690. The molecule has 0 aliphatic heterocycles. The minimum atomic E-state index is 0.690. The molecular formula is C12H16O. The van der Waals surface area contributed by atoms with Crippen molar-refractivity contribution in [2.24, 2.45) is 0 Å². The first-order chi connectivity index (χ1) is 6.27. The van der Waals surface area contributed by atoms with Gasteiger partial charge in [-0.25, -0.2) is 0 Å². The molecule has 1 aromatic rings. The van der Waals surface area contributed by atoms with Gasteiger partial charge in [-0.3, -0.25) is 0 Å². The summed E-state index contributed by atoms with van der Waals surface area (Å²) in [4.78, 5) is 0. The standard InChI is InChI=1S/C12H16O/c1-4-10(2)12-7-5-11(6-8-12)9-13-3/h4-8H,9H2,1-3H3. The van der Waals surface area contributed by atoms with Crippen molar-refractivity contribution in [2.75, 3.05) is 7.11 Å². The van der Waals surface area contributed by atoms with Crippen molar-refractivity contribution in [3.8, 4) is 0 Å². The van der Waals surface area contributed by atoms with E-state index in [9.17, 15) is 0 Å². The van der Waals surface area contributed by atoms with Crippen molar-refractivity contribution in [2.45, 2.75) is 20.5 Å². The number of allylic oxidation sites excluding steroid dienone is 2. The van der Waals surface area contributed by atoms with Gasteiger partial charge in [-0.05, 0) is 30.5 Å². The van der Waals surface area contributed by atoms with Gasteiger partial charge in [-0.2, -0.15) is 0 Å². The fourth-order valence-corrected chi connectivity index (χ4v) is 1.20. The van der Waals surface area contributed by atoms with E-state index in [4.69, 9.17) is 4.74 Å².